The fourth-order valence-electron chi connectivity index (χ4n) is 4.51. The van der Waals surface area contributed by atoms with E-state index < -0.39 is 27.7 Å². The van der Waals surface area contributed by atoms with E-state index in [0.717, 1.165) is 59.5 Å². The predicted molar refractivity (Wildman–Crippen MR) is 139 cm³/mol. The number of amides is 2. The minimum absolute atomic E-state index is 0.0188. The number of rotatable bonds is 11. The molecule has 2 amide bonds. The monoisotopic (exact) mass is 535 g/mol. The number of carbonyl (C=O) groups is 2. The van der Waals surface area contributed by atoms with E-state index in [-0.39, 0.29) is 49.5 Å². The van der Waals surface area contributed by atoms with Crippen LogP contribution in [0.25, 0.3) is 0 Å². The zero-order chi connectivity index (χ0) is 27.2. The Morgan fingerprint density at radius 1 is 1.05 bits per heavy atom. The fraction of sp³-hybridized carbons (Fsp3) is 0.481. The van der Waals surface area contributed by atoms with Gasteiger partial charge in [-0.1, -0.05) is 42.7 Å². The summed E-state index contributed by atoms with van der Waals surface area (Å²) in [4.78, 5) is 27.8. The van der Waals surface area contributed by atoms with Crippen molar-refractivity contribution in [2.75, 3.05) is 17.1 Å². The van der Waals surface area contributed by atoms with Gasteiger partial charge in [0, 0.05) is 31.6 Å². The Morgan fingerprint density at radius 2 is 1.70 bits per heavy atom. The number of nitrogens with zero attached hydrogens (tertiary/aromatic N) is 2. The van der Waals surface area contributed by atoms with Crippen LogP contribution in [-0.4, -0.2) is 50.0 Å². The molecule has 1 aliphatic rings. The molecule has 1 aliphatic carbocycles. The second-order valence-corrected chi connectivity index (χ2v) is 11.6. The van der Waals surface area contributed by atoms with Crippen molar-refractivity contribution in [1.82, 2.24) is 10.2 Å². The lowest BCUT2D eigenvalue weighted by molar-refractivity contribution is -0.141. The van der Waals surface area contributed by atoms with Crippen LogP contribution in [-0.2, 0) is 26.2 Å². The SMILES string of the molecule is Cc1ccc(CN(C(=O)CCCN(c2ccc(F)c(F)c2)S(C)(=O)=O)[C@H](C)C(=O)NC2CCCC2)cc1. The zero-order valence-electron chi connectivity index (χ0n) is 21.5. The number of halogens is 2. The van der Waals surface area contributed by atoms with Crippen molar-refractivity contribution in [3.05, 3.63) is 65.2 Å². The van der Waals surface area contributed by atoms with E-state index in [9.17, 15) is 26.8 Å². The van der Waals surface area contributed by atoms with Crippen LogP contribution in [0.5, 0.6) is 0 Å². The first-order valence-electron chi connectivity index (χ1n) is 12.5. The van der Waals surface area contributed by atoms with Crippen LogP contribution in [0.3, 0.4) is 0 Å². The van der Waals surface area contributed by atoms with Crippen LogP contribution in [0.4, 0.5) is 14.5 Å². The molecule has 0 aromatic heterocycles. The summed E-state index contributed by atoms with van der Waals surface area (Å²) in [6, 6.07) is 9.95. The number of nitrogens with one attached hydrogen (secondary N) is 1. The summed E-state index contributed by atoms with van der Waals surface area (Å²) < 4.78 is 52.7. The second kappa shape index (κ2) is 12.5. The number of sulfonamides is 1. The highest BCUT2D eigenvalue weighted by Crippen LogP contribution is 2.22. The Morgan fingerprint density at radius 3 is 2.30 bits per heavy atom. The highest BCUT2D eigenvalue weighted by Gasteiger charge is 2.29. The van der Waals surface area contributed by atoms with Gasteiger partial charge in [0.05, 0.1) is 11.9 Å². The molecule has 0 radical (unpaired) electrons. The van der Waals surface area contributed by atoms with Crippen LogP contribution < -0.4 is 9.62 Å². The molecule has 2 aromatic rings. The summed E-state index contributed by atoms with van der Waals surface area (Å²) in [6.45, 7) is 3.79. The van der Waals surface area contributed by atoms with Gasteiger partial charge < -0.3 is 10.2 Å². The number of carbonyl (C=O) groups excluding carboxylic acids is 2. The van der Waals surface area contributed by atoms with Crippen LogP contribution in [0.2, 0.25) is 0 Å². The first kappa shape index (κ1) is 28.6. The molecule has 1 atom stereocenters. The van der Waals surface area contributed by atoms with Gasteiger partial charge in [0.2, 0.25) is 21.8 Å². The summed E-state index contributed by atoms with van der Waals surface area (Å²) in [5, 5.41) is 3.05. The maximum Gasteiger partial charge on any atom is 0.242 e. The van der Waals surface area contributed by atoms with Gasteiger partial charge in [0.25, 0.3) is 0 Å². The molecule has 0 aliphatic heterocycles. The largest absolute Gasteiger partial charge is 0.352 e. The third-order valence-corrected chi connectivity index (χ3v) is 7.88. The van der Waals surface area contributed by atoms with Crippen molar-refractivity contribution in [2.24, 2.45) is 0 Å². The molecule has 0 heterocycles. The van der Waals surface area contributed by atoms with E-state index in [1.165, 1.54) is 11.0 Å². The fourth-order valence-corrected chi connectivity index (χ4v) is 5.47. The number of hydrogen-bond acceptors (Lipinski definition) is 4. The molecule has 3 rings (SSSR count). The summed E-state index contributed by atoms with van der Waals surface area (Å²) in [6.07, 6.45) is 5.07. The maximum atomic E-state index is 13.7. The van der Waals surface area contributed by atoms with Crippen molar-refractivity contribution in [2.45, 2.75) is 71.0 Å². The molecule has 0 saturated heterocycles. The summed E-state index contributed by atoms with van der Waals surface area (Å²) in [5.74, 6) is -2.75. The van der Waals surface area contributed by atoms with Gasteiger partial charge in [-0.2, -0.15) is 0 Å². The van der Waals surface area contributed by atoms with Crippen LogP contribution >= 0.6 is 0 Å². The highest BCUT2D eigenvalue weighted by atomic mass is 32.2. The normalized spacial score (nSPS) is 14.8. The maximum absolute atomic E-state index is 13.7. The van der Waals surface area contributed by atoms with Crippen LogP contribution in [0.1, 0.15) is 56.6 Å². The topological polar surface area (TPSA) is 86.8 Å². The predicted octanol–water partition coefficient (Wildman–Crippen LogP) is 4.30. The summed E-state index contributed by atoms with van der Waals surface area (Å²) in [5.41, 5.74) is 1.93. The Hall–Kier alpha value is -3.01. The number of hydrogen-bond donors (Lipinski definition) is 1. The molecule has 1 N–H and O–H groups in total. The first-order chi connectivity index (χ1) is 17.5. The highest BCUT2D eigenvalue weighted by molar-refractivity contribution is 7.92. The lowest BCUT2D eigenvalue weighted by Crippen LogP contribution is -2.49. The van der Waals surface area contributed by atoms with E-state index in [1.54, 1.807) is 6.92 Å². The zero-order valence-corrected chi connectivity index (χ0v) is 22.4. The lowest BCUT2D eigenvalue weighted by atomic mass is 10.1. The van der Waals surface area contributed by atoms with E-state index in [1.807, 2.05) is 31.2 Å². The van der Waals surface area contributed by atoms with E-state index in [2.05, 4.69) is 5.32 Å². The summed E-state index contributed by atoms with van der Waals surface area (Å²) >= 11 is 0. The Bertz CT molecular complexity index is 1200. The van der Waals surface area contributed by atoms with Crippen molar-refractivity contribution in [3.63, 3.8) is 0 Å². The van der Waals surface area contributed by atoms with Gasteiger partial charge in [-0.15, -0.1) is 0 Å². The van der Waals surface area contributed by atoms with Gasteiger partial charge in [0.15, 0.2) is 11.6 Å². The lowest BCUT2D eigenvalue weighted by Gasteiger charge is -2.30. The van der Waals surface area contributed by atoms with Gasteiger partial charge in [-0.05, 0) is 50.8 Å². The molecule has 10 heteroatoms. The van der Waals surface area contributed by atoms with Gasteiger partial charge in [0.1, 0.15) is 6.04 Å². The Kier molecular flexibility index (Phi) is 9.64. The Balaban J connectivity index is 1.72. The van der Waals surface area contributed by atoms with E-state index >= 15 is 0 Å². The summed E-state index contributed by atoms with van der Waals surface area (Å²) in [7, 11) is -3.81. The van der Waals surface area contributed by atoms with Crippen molar-refractivity contribution >= 4 is 27.5 Å². The quantitative estimate of drug-likeness (QED) is 0.465. The second-order valence-electron chi connectivity index (χ2n) is 9.71. The van der Waals surface area contributed by atoms with Crippen LogP contribution in [0, 0.1) is 18.6 Å². The molecule has 2 aromatic carbocycles. The van der Waals surface area contributed by atoms with E-state index in [4.69, 9.17) is 0 Å². The molecule has 0 unspecified atom stereocenters. The number of anilines is 1. The van der Waals surface area contributed by atoms with Crippen molar-refractivity contribution in [1.29, 1.82) is 0 Å². The van der Waals surface area contributed by atoms with E-state index in [0.29, 0.717) is 0 Å². The molecule has 0 spiro atoms. The molecule has 202 valence electrons. The minimum Gasteiger partial charge on any atom is -0.352 e. The molecule has 7 nitrogen and oxygen atoms in total. The minimum atomic E-state index is -3.81. The van der Waals surface area contributed by atoms with Gasteiger partial charge >= 0.3 is 0 Å². The van der Waals surface area contributed by atoms with Crippen molar-refractivity contribution < 1.29 is 26.8 Å². The van der Waals surface area contributed by atoms with Gasteiger partial charge in [-0.3, -0.25) is 13.9 Å². The molecular weight excluding hydrogens is 500 g/mol. The van der Waals surface area contributed by atoms with Gasteiger partial charge in [-0.25, -0.2) is 17.2 Å². The average Bonchev–Trinajstić information content (AvgIpc) is 3.35. The smallest absolute Gasteiger partial charge is 0.242 e. The third-order valence-electron chi connectivity index (χ3n) is 6.69. The molecule has 1 fully saturated rings. The third kappa shape index (κ3) is 7.99. The van der Waals surface area contributed by atoms with Crippen molar-refractivity contribution in [3.8, 4) is 0 Å². The standard InChI is InChI=1S/C27H35F2N3O4S/c1-19-10-12-21(13-11-19)18-31(20(2)27(34)30-22-7-4-5-8-22)26(33)9-6-16-32(37(3,35)36)23-14-15-24(28)25(29)17-23/h10-15,17,20,22H,4-9,16,18H2,1-3H3,(H,30,34)/t20-/m1/s1. The number of benzene rings is 2. The average molecular weight is 536 g/mol. The molecule has 37 heavy (non-hydrogen) atoms. The number of aryl methyl sites for hydroxylation is 1. The van der Waals surface area contributed by atoms with Crippen LogP contribution in [0.15, 0.2) is 42.5 Å². The molecular formula is C27H35F2N3O4S. The molecule has 1 saturated carbocycles. The molecule has 0 bridgehead atoms. The Labute approximate surface area is 217 Å². The first-order valence-corrected chi connectivity index (χ1v) is 14.4.